The predicted molar refractivity (Wildman–Crippen MR) is 70.0 cm³/mol. The number of hydrogen-bond donors (Lipinski definition) is 1. The summed E-state index contributed by atoms with van der Waals surface area (Å²) >= 11 is 11.0. The Morgan fingerprint density at radius 3 is 2.28 bits per heavy atom. The second kappa shape index (κ2) is 4.96. The Balaban J connectivity index is 2.59. The molecule has 0 radical (unpaired) electrons. The minimum absolute atomic E-state index is 0.0926. The molecule has 3 nitrogen and oxygen atoms in total. The Bertz CT molecular complexity index is 586. The first-order valence-corrected chi connectivity index (χ1v) is 5.97. The molecular weight excluding hydrogens is 275 g/mol. The summed E-state index contributed by atoms with van der Waals surface area (Å²) < 4.78 is 0. The minimum atomic E-state index is -0.814. The van der Waals surface area contributed by atoms with E-state index in [1.807, 2.05) is 0 Å². The lowest BCUT2D eigenvalue weighted by atomic mass is 9.88. The van der Waals surface area contributed by atoms with Crippen molar-refractivity contribution in [2.45, 2.75) is 4.84 Å². The van der Waals surface area contributed by atoms with Crippen LogP contribution in [0.4, 0.5) is 0 Å². The van der Waals surface area contributed by atoms with Crippen molar-refractivity contribution in [1.29, 1.82) is 0 Å². The van der Waals surface area contributed by atoms with Crippen LogP contribution in [-0.2, 0) is 4.79 Å². The molecule has 0 heterocycles. The predicted octanol–water partition coefficient (Wildman–Crippen LogP) is 3.08. The van der Waals surface area contributed by atoms with Gasteiger partial charge in [-0.25, -0.2) is 0 Å². The zero-order valence-electron chi connectivity index (χ0n) is 9.06. The van der Waals surface area contributed by atoms with Crippen molar-refractivity contribution in [3.05, 3.63) is 53.1 Å². The molecule has 0 atom stereocenters. The highest BCUT2D eigenvalue weighted by Gasteiger charge is 2.31. The second-order valence-electron chi connectivity index (χ2n) is 3.66. The van der Waals surface area contributed by atoms with Gasteiger partial charge in [-0.15, -0.1) is 23.2 Å². The number of ketones is 2. The number of rotatable bonds is 2. The van der Waals surface area contributed by atoms with Crippen molar-refractivity contribution < 1.29 is 14.7 Å². The molecule has 0 saturated carbocycles. The molecule has 2 rings (SSSR count). The van der Waals surface area contributed by atoms with Gasteiger partial charge in [0.05, 0.1) is 5.57 Å². The van der Waals surface area contributed by atoms with E-state index in [1.165, 1.54) is 18.2 Å². The molecule has 0 bridgehead atoms. The average molecular weight is 283 g/mol. The number of aliphatic hydroxyl groups is 1. The molecule has 1 N–H and O–H groups in total. The third-order valence-electron chi connectivity index (χ3n) is 2.54. The second-order valence-corrected chi connectivity index (χ2v) is 4.82. The summed E-state index contributed by atoms with van der Waals surface area (Å²) in [5.74, 6) is -1.65. The number of alkyl halides is 2. The summed E-state index contributed by atoms with van der Waals surface area (Å²) in [7, 11) is 0. The fourth-order valence-electron chi connectivity index (χ4n) is 1.71. The highest BCUT2D eigenvalue weighted by atomic mass is 35.5. The largest absolute Gasteiger partial charge is 0.507 e. The summed E-state index contributed by atoms with van der Waals surface area (Å²) in [6.45, 7) is 0. The van der Waals surface area contributed by atoms with Gasteiger partial charge in [-0.05, 0) is 6.08 Å². The lowest BCUT2D eigenvalue weighted by Gasteiger charge is -2.15. The first kappa shape index (κ1) is 12.9. The van der Waals surface area contributed by atoms with Crippen LogP contribution in [0.1, 0.15) is 15.9 Å². The van der Waals surface area contributed by atoms with Crippen molar-refractivity contribution >= 4 is 40.5 Å². The minimum Gasteiger partial charge on any atom is -0.507 e. The van der Waals surface area contributed by atoms with Crippen molar-refractivity contribution in [2.75, 3.05) is 0 Å². The van der Waals surface area contributed by atoms with E-state index in [0.717, 1.165) is 0 Å². The zero-order chi connectivity index (χ0) is 13.3. The van der Waals surface area contributed by atoms with Crippen LogP contribution in [0, 0.1) is 0 Å². The van der Waals surface area contributed by atoms with Crippen LogP contribution in [0.25, 0.3) is 5.76 Å². The SMILES string of the molecule is O=C1C(=O)c2ccccc2C(O)=C1/C=C/C(Cl)Cl. The van der Waals surface area contributed by atoms with Crippen LogP contribution in [0.3, 0.4) is 0 Å². The third-order valence-corrected chi connectivity index (χ3v) is 2.83. The van der Waals surface area contributed by atoms with E-state index in [0.29, 0.717) is 5.56 Å². The van der Waals surface area contributed by atoms with Crippen LogP contribution in [0.2, 0.25) is 0 Å². The van der Waals surface area contributed by atoms with Gasteiger partial charge in [0, 0.05) is 11.1 Å². The summed E-state index contributed by atoms with van der Waals surface area (Å²) in [6, 6.07) is 6.37. The molecule has 0 spiro atoms. The monoisotopic (exact) mass is 282 g/mol. The van der Waals surface area contributed by atoms with Gasteiger partial charge < -0.3 is 5.11 Å². The van der Waals surface area contributed by atoms with Crippen molar-refractivity contribution in [3.63, 3.8) is 0 Å². The van der Waals surface area contributed by atoms with E-state index in [4.69, 9.17) is 23.2 Å². The Morgan fingerprint density at radius 1 is 1.06 bits per heavy atom. The Labute approximate surface area is 113 Å². The number of allylic oxidation sites excluding steroid dienone is 3. The first-order chi connectivity index (χ1) is 8.52. The quantitative estimate of drug-likeness (QED) is 0.670. The summed E-state index contributed by atoms with van der Waals surface area (Å²) in [6.07, 6.45) is 2.57. The zero-order valence-corrected chi connectivity index (χ0v) is 10.6. The lowest BCUT2D eigenvalue weighted by molar-refractivity contribution is -0.111. The highest BCUT2D eigenvalue weighted by Crippen LogP contribution is 2.28. The number of benzene rings is 1. The number of carbonyl (C=O) groups is 2. The summed E-state index contributed by atoms with van der Waals surface area (Å²) in [5.41, 5.74) is 0.442. The van der Waals surface area contributed by atoms with Crippen molar-refractivity contribution in [3.8, 4) is 0 Å². The molecule has 1 aromatic carbocycles. The molecular formula is C13H8Cl2O3. The standard InChI is InChI=1S/C13H8Cl2O3/c14-10(15)6-5-9-11(16)7-3-1-2-4-8(7)12(17)13(9)18/h1-6,10,16H/b6-5+. The van der Waals surface area contributed by atoms with E-state index in [9.17, 15) is 14.7 Å². The van der Waals surface area contributed by atoms with Crippen LogP contribution < -0.4 is 0 Å². The van der Waals surface area contributed by atoms with Gasteiger partial charge in [0.15, 0.2) is 0 Å². The lowest BCUT2D eigenvalue weighted by Crippen LogP contribution is -2.23. The van der Waals surface area contributed by atoms with Crippen LogP contribution >= 0.6 is 23.2 Å². The van der Waals surface area contributed by atoms with Gasteiger partial charge in [-0.2, -0.15) is 0 Å². The molecule has 1 aliphatic carbocycles. The van der Waals surface area contributed by atoms with Crippen LogP contribution in [0.5, 0.6) is 0 Å². The van der Waals surface area contributed by atoms with Crippen LogP contribution in [-0.4, -0.2) is 21.5 Å². The van der Waals surface area contributed by atoms with Gasteiger partial charge in [-0.1, -0.05) is 30.3 Å². The van der Waals surface area contributed by atoms with Gasteiger partial charge >= 0.3 is 0 Å². The van der Waals surface area contributed by atoms with Crippen molar-refractivity contribution in [2.24, 2.45) is 0 Å². The number of fused-ring (bicyclic) bond motifs is 1. The van der Waals surface area contributed by atoms with Gasteiger partial charge in [0.1, 0.15) is 10.6 Å². The molecule has 1 aromatic rings. The fourth-order valence-corrected chi connectivity index (χ4v) is 1.85. The normalized spacial score (nSPS) is 15.7. The van der Waals surface area contributed by atoms with Gasteiger partial charge in [0.25, 0.3) is 0 Å². The maximum Gasteiger partial charge on any atom is 0.237 e. The van der Waals surface area contributed by atoms with E-state index < -0.39 is 16.4 Å². The molecule has 5 heteroatoms. The van der Waals surface area contributed by atoms with Gasteiger partial charge in [0.2, 0.25) is 11.6 Å². The van der Waals surface area contributed by atoms with E-state index in [1.54, 1.807) is 18.2 Å². The van der Waals surface area contributed by atoms with Crippen molar-refractivity contribution in [1.82, 2.24) is 0 Å². The molecule has 0 fully saturated rings. The number of carbonyl (C=O) groups excluding carboxylic acids is 2. The molecule has 0 amide bonds. The van der Waals surface area contributed by atoms with E-state index >= 15 is 0 Å². The molecule has 0 unspecified atom stereocenters. The highest BCUT2D eigenvalue weighted by molar-refractivity contribution is 6.53. The Morgan fingerprint density at radius 2 is 1.67 bits per heavy atom. The summed E-state index contributed by atoms with van der Waals surface area (Å²) in [5, 5.41) is 9.99. The number of aliphatic hydroxyl groups excluding tert-OH is 1. The number of Topliss-reactive ketones (excluding diaryl/α,β-unsaturated/α-hetero) is 2. The molecule has 18 heavy (non-hydrogen) atoms. The molecule has 0 aliphatic heterocycles. The topological polar surface area (TPSA) is 54.4 Å². The average Bonchev–Trinajstić information content (AvgIpc) is 2.36. The first-order valence-electron chi connectivity index (χ1n) is 5.10. The maximum absolute atomic E-state index is 11.8. The molecule has 0 aromatic heterocycles. The summed E-state index contributed by atoms with van der Waals surface area (Å²) in [4.78, 5) is 22.8. The number of halogens is 2. The fraction of sp³-hybridized carbons (Fsp3) is 0.0769. The van der Waals surface area contributed by atoms with Crippen LogP contribution in [0.15, 0.2) is 42.0 Å². The van der Waals surface area contributed by atoms with E-state index in [-0.39, 0.29) is 16.9 Å². The molecule has 1 aliphatic rings. The molecule has 0 saturated heterocycles. The maximum atomic E-state index is 11.8. The Hall–Kier alpha value is -1.58. The Kier molecular flexibility index (Phi) is 3.55. The van der Waals surface area contributed by atoms with Gasteiger partial charge in [-0.3, -0.25) is 9.59 Å². The number of hydrogen-bond acceptors (Lipinski definition) is 3. The molecule has 92 valence electrons. The smallest absolute Gasteiger partial charge is 0.237 e. The van der Waals surface area contributed by atoms with E-state index in [2.05, 4.69) is 0 Å². The third kappa shape index (κ3) is 2.19.